The fourth-order valence-electron chi connectivity index (χ4n) is 6.08. The van der Waals surface area contributed by atoms with Gasteiger partial charge in [-0.3, -0.25) is 0 Å². The van der Waals surface area contributed by atoms with Gasteiger partial charge in [0.25, 0.3) is 0 Å². The van der Waals surface area contributed by atoms with Crippen molar-refractivity contribution in [1.29, 1.82) is 0 Å². The summed E-state index contributed by atoms with van der Waals surface area (Å²) < 4.78 is 43.2. The van der Waals surface area contributed by atoms with Crippen molar-refractivity contribution in [1.82, 2.24) is 0 Å². The Morgan fingerprint density at radius 3 is 1.19 bits per heavy atom. The Labute approximate surface area is 276 Å². The average molecular weight is 709 g/mol. The van der Waals surface area contributed by atoms with Gasteiger partial charge in [-0.2, -0.15) is 0 Å². The standard InChI is InChI=1S/2C14H26O10/c1-5-12(13(21-2)9(18)7(4-16)22-5)24-14-11(20)10(19)8(17)6(3-15)23-14;1-5-8(17)13(21-2)12(7(4-16)22-5)24-14-11(20)10(19)9(18)6(3-15)23-14/h2*5-20H,3-4H2,1-2H3/t5-,6?,7?,8+,9+,10+,11?,12?,13+,14-;5-,6?,7?,8?,9+,10+,11?,12+,13-,14-/m11/s1. The van der Waals surface area contributed by atoms with Gasteiger partial charge in [-0.05, 0) is 13.8 Å². The van der Waals surface area contributed by atoms with Crippen molar-refractivity contribution in [2.45, 2.75) is 136 Å². The van der Waals surface area contributed by atoms with Gasteiger partial charge in [0.05, 0.1) is 38.6 Å². The van der Waals surface area contributed by atoms with E-state index in [0.717, 1.165) is 0 Å². The molecule has 4 aliphatic rings. The first-order chi connectivity index (χ1) is 22.7. The number of aliphatic hydroxyl groups is 12. The summed E-state index contributed by atoms with van der Waals surface area (Å²) in [5.74, 6) is 0. The highest BCUT2D eigenvalue weighted by Crippen LogP contribution is 2.31. The average Bonchev–Trinajstić information content (AvgIpc) is 3.08. The molecule has 0 bridgehead atoms. The molecule has 8 unspecified atom stereocenters. The summed E-state index contributed by atoms with van der Waals surface area (Å²) in [6.07, 6.45) is -23.2. The molecular formula is C28H52O20. The van der Waals surface area contributed by atoms with E-state index in [1.807, 2.05) is 0 Å². The van der Waals surface area contributed by atoms with Gasteiger partial charge in [0.15, 0.2) is 12.6 Å². The fraction of sp³-hybridized carbons (Fsp3) is 1.00. The van der Waals surface area contributed by atoms with Crippen LogP contribution in [0.2, 0.25) is 0 Å². The van der Waals surface area contributed by atoms with Crippen LogP contribution in [0, 0.1) is 0 Å². The van der Waals surface area contributed by atoms with Gasteiger partial charge in [0, 0.05) is 14.2 Å². The topological polar surface area (TPSA) is 317 Å². The number of rotatable bonds is 10. The molecule has 12 N–H and O–H groups in total. The molecular weight excluding hydrogens is 656 g/mol. The molecule has 0 aromatic carbocycles. The van der Waals surface area contributed by atoms with Crippen LogP contribution in [0.4, 0.5) is 0 Å². The van der Waals surface area contributed by atoms with Crippen molar-refractivity contribution in [3.8, 4) is 0 Å². The van der Waals surface area contributed by atoms with Gasteiger partial charge in [0.2, 0.25) is 0 Å². The molecule has 20 atom stereocenters. The molecule has 0 aliphatic carbocycles. The van der Waals surface area contributed by atoms with E-state index in [0.29, 0.717) is 0 Å². The van der Waals surface area contributed by atoms with E-state index in [4.69, 9.17) is 37.9 Å². The Kier molecular flexibility index (Phi) is 16.1. The van der Waals surface area contributed by atoms with Gasteiger partial charge in [-0.15, -0.1) is 0 Å². The largest absolute Gasteiger partial charge is 0.394 e. The van der Waals surface area contributed by atoms with E-state index >= 15 is 0 Å². The van der Waals surface area contributed by atoms with Crippen LogP contribution in [-0.4, -0.2) is 224 Å². The summed E-state index contributed by atoms with van der Waals surface area (Å²) in [5.41, 5.74) is 0. The third-order valence-corrected chi connectivity index (χ3v) is 8.97. The summed E-state index contributed by atoms with van der Waals surface area (Å²) in [7, 11) is 2.70. The minimum absolute atomic E-state index is 0.405. The maximum Gasteiger partial charge on any atom is 0.187 e. The van der Waals surface area contributed by atoms with Gasteiger partial charge >= 0.3 is 0 Å². The first-order valence-corrected chi connectivity index (χ1v) is 15.6. The van der Waals surface area contributed by atoms with Crippen LogP contribution in [0.15, 0.2) is 0 Å². The van der Waals surface area contributed by atoms with Crippen molar-refractivity contribution in [3.63, 3.8) is 0 Å². The highest BCUT2D eigenvalue weighted by molar-refractivity contribution is 4.97. The van der Waals surface area contributed by atoms with Gasteiger partial charge in [-0.25, -0.2) is 0 Å². The molecule has 4 rings (SSSR count). The molecule has 20 nitrogen and oxygen atoms in total. The number of hydrogen-bond donors (Lipinski definition) is 12. The minimum atomic E-state index is -1.60. The number of aliphatic hydroxyl groups excluding tert-OH is 12. The van der Waals surface area contributed by atoms with E-state index < -0.39 is 149 Å². The molecule has 0 aromatic heterocycles. The lowest BCUT2D eigenvalue weighted by atomic mass is 9.94. The zero-order valence-corrected chi connectivity index (χ0v) is 27.0. The van der Waals surface area contributed by atoms with E-state index in [1.54, 1.807) is 13.8 Å². The first-order valence-electron chi connectivity index (χ1n) is 15.6. The molecule has 4 heterocycles. The lowest BCUT2D eigenvalue weighted by molar-refractivity contribution is -0.342. The molecule has 4 fully saturated rings. The van der Waals surface area contributed by atoms with Crippen molar-refractivity contribution < 1.29 is 99.2 Å². The molecule has 4 aliphatic heterocycles. The van der Waals surface area contributed by atoms with Gasteiger partial charge < -0.3 is 99.2 Å². The third kappa shape index (κ3) is 8.97. The van der Waals surface area contributed by atoms with E-state index in [1.165, 1.54) is 14.2 Å². The zero-order chi connectivity index (χ0) is 36.0. The maximum atomic E-state index is 10.2. The quantitative estimate of drug-likeness (QED) is 0.100. The Morgan fingerprint density at radius 1 is 0.396 bits per heavy atom. The van der Waals surface area contributed by atoms with Gasteiger partial charge in [-0.1, -0.05) is 0 Å². The summed E-state index contributed by atoms with van der Waals surface area (Å²) in [6, 6.07) is 0. The predicted octanol–water partition coefficient (Wildman–Crippen LogP) is -7.35. The first kappa shape index (κ1) is 41.6. The summed E-state index contributed by atoms with van der Waals surface area (Å²) in [5, 5.41) is 117. The van der Waals surface area contributed by atoms with E-state index in [9.17, 15) is 61.3 Å². The van der Waals surface area contributed by atoms with Crippen molar-refractivity contribution in [3.05, 3.63) is 0 Å². The van der Waals surface area contributed by atoms with Crippen molar-refractivity contribution in [2.24, 2.45) is 0 Å². The molecule has 284 valence electrons. The maximum absolute atomic E-state index is 10.2. The monoisotopic (exact) mass is 708 g/mol. The highest BCUT2D eigenvalue weighted by atomic mass is 16.7. The second kappa shape index (κ2) is 18.6. The molecule has 0 spiro atoms. The SMILES string of the molecule is CO[C@@H]1C(O)[C@@H](C)OC(CO)[C@@H]1O[C@H]1OC(CO)[C@H](O)[C@H](O)C1O.CO[C@@H]1C(O[C@H]2OC(CO)[C@H](O)[C@H](O)C2O)[C@@H](C)OC(CO)[C@@H]1O. The van der Waals surface area contributed by atoms with Gasteiger partial charge in [0.1, 0.15) is 97.7 Å². The molecule has 0 radical (unpaired) electrons. The van der Waals surface area contributed by atoms with Crippen molar-refractivity contribution in [2.75, 3.05) is 40.6 Å². The summed E-state index contributed by atoms with van der Waals surface area (Å²) in [4.78, 5) is 0. The number of ether oxygens (including phenoxy) is 8. The fourth-order valence-corrected chi connectivity index (χ4v) is 6.08. The van der Waals surface area contributed by atoms with Crippen LogP contribution in [0.3, 0.4) is 0 Å². The van der Waals surface area contributed by atoms with Crippen molar-refractivity contribution >= 4 is 0 Å². The summed E-state index contributed by atoms with van der Waals surface area (Å²) >= 11 is 0. The second-order valence-electron chi connectivity index (χ2n) is 12.1. The second-order valence-corrected chi connectivity index (χ2v) is 12.1. The molecule has 48 heavy (non-hydrogen) atoms. The Hall–Kier alpha value is -0.800. The minimum Gasteiger partial charge on any atom is -0.394 e. The molecule has 20 heteroatoms. The van der Waals surface area contributed by atoms with Crippen LogP contribution in [0.1, 0.15) is 13.8 Å². The Bertz CT molecular complexity index is 930. The Morgan fingerprint density at radius 2 is 0.771 bits per heavy atom. The lowest BCUT2D eigenvalue weighted by Crippen LogP contribution is -2.64. The van der Waals surface area contributed by atoms with Crippen LogP contribution < -0.4 is 0 Å². The van der Waals surface area contributed by atoms with Crippen LogP contribution >= 0.6 is 0 Å². The molecule has 0 aromatic rings. The predicted molar refractivity (Wildman–Crippen MR) is 154 cm³/mol. The van der Waals surface area contributed by atoms with Crippen LogP contribution in [0.5, 0.6) is 0 Å². The van der Waals surface area contributed by atoms with Crippen LogP contribution in [0.25, 0.3) is 0 Å². The normalized spacial score (nSPS) is 50.0. The number of hydrogen-bond acceptors (Lipinski definition) is 20. The number of methoxy groups -OCH3 is 2. The molecule has 0 amide bonds. The smallest absolute Gasteiger partial charge is 0.187 e. The third-order valence-electron chi connectivity index (χ3n) is 8.97. The lowest BCUT2D eigenvalue weighted by Gasteiger charge is -2.46. The van der Waals surface area contributed by atoms with Crippen LogP contribution in [-0.2, 0) is 37.9 Å². The van der Waals surface area contributed by atoms with E-state index in [-0.39, 0.29) is 0 Å². The molecule has 0 saturated carbocycles. The Balaban J connectivity index is 0.000000260. The molecule has 4 saturated heterocycles. The summed E-state index contributed by atoms with van der Waals surface area (Å²) in [6.45, 7) is 1.24. The highest BCUT2D eigenvalue weighted by Gasteiger charge is 2.51. The van der Waals surface area contributed by atoms with E-state index in [2.05, 4.69) is 0 Å². The zero-order valence-electron chi connectivity index (χ0n) is 27.0.